The van der Waals surface area contributed by atoms with Crippen molar-refractivity contribution in [2.75, 3.05) is 13.2 Å². The summed E-state index contributed by atoms with van der Waals surface area (Å²) in [5, 5.41) is 54.8. The van der Waals surface area contributed by atoms with Gasteiger partial charge in [-0.2, -0.15) is 0 Å². The molecule has 0 fully saturated rings. The Balaban J connectivity index is 6.44. The number of amides is 5. The second kappa shape index (κ2) is 22.9. The Hall–Kier alpha value is -5.12. The number of carbonyl (C=O) groups excluding carboxylic acids is 5. The second-order valence-electron chi connectivity index (χ2n) is 10.9. The van der Waals surface area contributed by atoms with Gasteiger partial charge in [-0.1, -0.05) is 0 Å². The number of hydrogen-bond acceptors (Lipinski definition) is 15. The highest BCUT2D eigenvalue weighted by molar-refractivity contribution is 7.46. The highest BCUT2D eigenvalue weighted by Gasteiger charge is 2.35. The van der Waals surface area contributed by atoms with Gasteiger partial charge in [0.05, 0.1) is 26.1 Å². The molecule has 0 heterocycles. The zero-order valence-corrected chi connectivity index (χ0v) is 29.6. The minimum absolute atomic E-state index is 0.711. The lowest BCUT2D eigenvalue weighted by molar-refractivity contribution is -0.145. The lowest BCUT2D eigenvalue weighted by Crippen LogP contribution is -2.60. The third kappa shape index (κ3) is 22.6. The summed E-state index contributed by atoms with van der Waals surface area (Å²) in [6, 6.07) is -12.6. The number of phosphoric ester groups is 2. The van der Waals surface area contributed by atoms with E-state index in [0.717, 1.165) is 0 Å². The quantitative estimate of drug-likeness (QED) is 0.0342. The number of carboxylic acid groups (broad SMARTS) is 5. The van der Waals surface area contributed by atoms with Gasteiger partial charge in [0.15, 0.2) is 0 Å². The van der Waals surface area contributed by atoms with E-state index in [9.17, 15) is 72.4 Å². The molecule has 0 bridgehead atoms. The lowest BCUT2D eigenvalue weighted by Gasteiger charge is -2.26. The van der Waals surface area contributed by atoms with Crippen LogP contribution >= 0.6 is 15.6 Å². The first kappa shape index (κ1) is 49.9. The van der Waals surface area contributed by atoms with Crippen molar-refractivity contribution in [1.82, 2.24) is 26.6 Å². The van der Waals surface area contributed by atoms with Gasteiger partial charge in [-0.3, -0.25) is 52.2 Å². The molecule has 0 aliphatic heterocycles. The molecule has 0 aromatic heterocycles. The standard InChI is InChI=1S/C24H38N6O23P2/c25-9(7-52-54(46,47)48)19(39)28-12(5-17(35)36)21(41)26-10(1-3-15(31)32)20(40)30-14(8-53-55(49,50)51)23(43)29-13(6-18(37)38)22(42)27-11(24(44)45)2-4-16(33)34/h9-14H,1-8,25H2,(H,26,41)(H,27,42)(H,28,39)(H,29,43)(H,30,40)(H,31,32)(H,33,34)(H,35,36)(H,37,38)(H,44,45)(H2,46,47,48)(H2,49,50,51)/t9-,10-,11-,12-,13-,14-/m0/s1. The van der Waals surface area contributed by atoms with Crippen LogP contribution in [0.2, 0.25) is 0 Å². The third-order valence-corrected chi connectivity index (χ3v) is 7.34. The van der Waals surface area contributed by atoms with Crippen molar-refractivity contribution in [2.45, 2.75) is 74.8 Å². The second-order valence-corrected chi connectivity index (χ2v) is 13.4. The molecule has 55 heavy (non-hydrogen) atoms. The monoisotopic (exact) mass is 840 g/mol. The van der Waals surface area contributed by atoms with E-state index in [1.54, 1.807) is 16.0 Å². The summed E-state index contributed by atoms with van der Waals surface area (Å²) in [7, 11) is -10.6. The van der Waals surface area contributed by atoms with E-state index >= 15 is 0 Å². The molecule has 0 saturated heterocycles. The molecule has 312 valence electrons. The van der Waals surface area contributed by atoms with E-state index in [1.807, 2.05) is 10.6 Å². The van der Waals surface area contributed by atoms with Crippen LogP contribution in [-0.4, -0.2) is 154 Å². The minimum Gasteiger partial charge on any atom is -0.481 e. The van der Waals surface area contributed by atoms with Crippen LogP contribution in [0.3, 0.4) is 0 Å². The van der Waals surface area contributed by atoms with Gasteiger partial charge in [-0.25, -0.2) is 13.9 Å². The smallest absolute Gasteiger partial charge is 0.469 e. The largest absolute Gasteiger partial charge is 0.481 e. The van der Waals surface area contributed by atoms with E-state index < -0.39 is 163 Å². The molecule has 0 aliphatic carbocycles. The first-order chi connectivity index (χ1) is 25.1. The average molecular weight is 841 g/mol. The predicted molar refractivity (Wildman–Crippen MR) is 170 cm³/mol. The SMILES string of the molecule is N[C@@H](COP(=O)(O)O)C(=O)N[C@@H](CC(=O)O)C(=O)N[C@@H](CCC(=O)O)C(=O)N[C@@H](COP(=O)(O)O)C(=O)N[C@@H](CC(=O)O)C(=O)N[C@@H](CCC(=O)O)C(=O)O. The van der Waals surface area contributed by atoms with E-state index in [-0.39, 0.29) is 0 Å². The first-order valence-electron chi connectivity index (χ1n) is 14.9. The van der Waals surface area contributed by atoms with Crippen molar-refractivity contribution < 1.29 is 111 Å². The Morgan fingerprint density at radius 1 is 0.473 bits per heavy atom. The molecule has 29 nitrogen and oxygen atoms in total. The van der Waals surface area contributed by atoms with Crippen molar-refractivity contribution in [3.63, 3.8) is 0 Å². The number of nitrogens with two attached hydrogens (primary N) is 1. The minimum atomic E-state index is -5.48. The Labute approximate surface area is 306 Å². The third-order valence-electron chi connectivity index (χ3n) is 6.37. The van der Waals surface area contributed by atoms with Gasteiger partial charge >= 0.3 is 45.5 Å². The van der Waals surface area contributed by atoms with Crippen LogP contribution in [0.25, 0.3) is 0 Å². The molecule has 0 rings (SSSR count). The maximum Gasteiger partial charge on any atom is 0.469 e. The van der Waals surface area contributed by atoms with Crippen LogP contribution in [-0.2, 0) is 66.1 Å². The maximum absolute atomic E-state index is 13.3. The molecule has 0 aromatic rings. The molecular formula is C24H38N6O23P2. The lowest BCUT2D eigenvalue weighted by atomic mass is 10.1. The van der Waals surface area contributed by atoms with Crippen molar-refractivity contribution >= 4 is 75.0 Å². The summed E-state index contributed by atoms with van der Waals surface area (Å²) in [4.78, 5) is 157. The van der Waals surface area contributed by atoms with Gasteiger partial charge < -0.3 is 77.4 Å². The van der Waals surface area contributed by atoms with Gasteiger partial charge in [0, 0.05) is 12.8 Å². The van der Waals surface area contributed by atoms with Crippen molar-refractivity contribution in [3.05, 3.63) is 0 Å². The van der Waals surface area contributed by atoms with Gasteiger partial charge in [0.25, 0.3) is 0 Å². The zero-order valence-electron chi connectivity index (χ0n) is 27.8. The molecular weight excluding hydrogens is 802 g/mol. The van der Waals surface area contributed by atoms with E-state index in [1.165, 1.54) is 0 Å². The highest BCUT2D eigenvalue weighted by atomic mass is 31.2. The Bertz CT molecular complexity index is 1560. The maximum atomic E-state index is 13.3. The van der Waals surface area contributed by atoms with Gasteiger partial charge in [-0.05, 0) is 12.8 Å². The Morgan fingerprint density at radius 3 is 1.20 bits per heavy atom. The van der Waals surface area contributed by atoms with Gasteiger partial charge in [-0.15, -0.1) is 0 Å². The van der Waals surface area contributed by atoms with Crippen molar-refractivity contribution in [1.29, 1.82) is 0 Å². The van der Waals surface area contributed by atoms with E-state index in [0.29, 0.717) is 0 Å². The van der Waals surface area contributed by atoms with Crippen LogP contribution in [0, 0.1) is 0 Å². The normalized spacial score (nSPS) is 14.7. The van der Waals surface area contributed by atoms with Gasteiger partial charge in [0.1, 0.15) is 36.3 Å². The molecule has 0 unspecified atom stereocenters. The van der Waals surface area contributed by atoms with Crippen molar-refractivity contribution in [3.8, 4) is 0 Å². The molecule has 0 saturated carbocycles. The Kier molecular flexibility index (Phi) is 20.8. The average Bonchev–Trinajstić information content (AvgIpc) is 3.02. The number of aliphatic carboxylic acids is 5. The van der Waals surface area contributed by atoms with Crippen LogP contribution in [0.4, 0.5) is 0 Å². The fourth-order valence-electron chi connectivity index (χ4n) is 3.81. The van der Waals surface area contributed by atoms with E-state index in [2.05, 4.69) is 9.05 Å². The molecule has 16 N–H and O–H groups in total. The molecule has 0 spiro atoms. The zero-order chi connectivity index (χ0) is 42.8. The highest BCUT2D eigenvalue weighted by Crippen LogP contribution is 2.36. The number of carbonyl (C=O) groups is 10. The summed E-state index contributed by atoms with van der Waals surface area (Å²) < 4.78 is 30.5. The number of hydrogen-bond donors (Lipinski definition) is 15. The number of phosphoric acid groups is 2. The molecule has 0 aliphatic rings. The summed E-state index contributed by atoms with van der Waals surface area (Å²) in [5.41, 5.74) is 5.42. The van der Waals surface area contributed by atoms with E-state index in [4.69, 9.17) is 35.5 Å². The molecule has 6 atom stereocenters. The Morgan fingerprint density at radius 2 is 0.800 bits per heavy atom. The number of carboxylic acids is 5. The number of rotatable bonds is 27. The summed E-state index contributed by atoms with van der Waals surface area (Å²) in [6.45, 7) is -2.62. The molecule has 5 amide bonds. The first-order valence-corrected chi connectivity index (χ1v) is 17.9. The predicted octanol–water partition coefficient (Wildman–Crippen LogP) is -6.28. The summed E-state index contributed by atoms with van der Waals surface area (Å²) in [6.07, 6.45) is -5.86. The molecule has 0 radical (unpaired) electrons. The van der Waals surface area contributed by atoms with Crippen molar-refractivity contribution in [2.24, 2.45) is 5.73 Å². The van der Waals surface area contributed by atoms with Crippen LogP contribution in [0.15, 0.2) is 0 Å². The fraction of sp³-hybridized carbons (Fsp3) is 0.583. The van der Waals surface area contributed by atoms with Crippen LogP contribution in [0.1, 0.15) is 38.5 Å². The van der Waals surface area contributed by atoms with Crippen LogP contribution < -0.4 is 32.3 Å². The fourth-order valence-corrected chi connectivity index (χ4v) is 4.50. The molecule has 0 aromatic carbocycles. The number of nitrogens with one attached hydrogen (secondary N) is 5. The topological polar surface area (TPSA) is 492 Å². The van der Waals surface area contributed by atoms with Gasteiger partial charge in [0.2, 0.25) is 29.5 Å². The van der Waals surface area contributed by atoms with Crippen LogP contribution in [0.5, 0.6) is 0 Å². The molecule has 31 heteroatoms. The summed E-state index contributed by atoms with van der Waals surface area (Å²) in [5.74, 6) is -16.1. The summed E-state index contributed by atoms with van der Waals surface area (Å²) >= 11 is 0.